The Morgan fingerprint density at radius 2 is 1.80 bits per heavy atom. The van der Waals surface area contributed by atoms with E-state index in [4.69, 9.17) is 4.98 Å². The molecular formula is C23H28N2. The van der Waals surface area contributed by atoms with Crippen molar-refractivity contribution in [2.24, 2.45) is 0 Å². The standard InChI is InChI=1S/C23H28N2/c1-3-4-5-6-7-8-14-25-16-19-18-15-17(2)12-13-20(18)24-21-10-9-11-22(25)23(19)21/h9-13,15H,3-8,14,16H2,1-2H3. The van der Waals surface area contributed by atoms with Crippen LogP contribution in [0.1, 0.15) is 56.6 Å². The lowest BCUT2D eigenvalue weighted by Gasteiger charge is -2.19. The quantitative estimate of drug-likeness (QED) is 0.369. The molecule has 130 valence electrons. The SMILES string of the molecule is CCCCCCCCN1Cc2c3cc(C)ccc3nc3cccc1c23. The maximum atomic E-state index is 4.92. The van der Waals surface area contributed by atoms with E-state index >= 15 is 0 Å². The molecule has 2 heterocycles. The van der Waals surface area contributed by atoms with Gasteiger partial charge in [0.2, 0.25) is 0 Å². The zero-order valence-corrected chi connectivity index (χ0v) is 15.5. The lowest BCUT2D eigenvalue weighted by atomic mass is 10.0. The van der Waals surface area contributed by atoms with Crippen molar-refractivity contribution in [3.05, 3.63) is 47.5 Å². The van der Waals surface area contributed by atoms with Gasteiger partial charge in [-0.05, 0) is 43.2 Å². The highest BCUT2D eigenvalue weighted by atomic mass is 15.1. The third kappa shape index (κ3) is 3.10. The summed E-state index contributed by atoms with van der Waals surface area (Å²) in [6.07, 6.45) is 8.11. The minimum atomic E-state index is 1.03. The average molecular weight is 332 g/mol. The molecule has 1 aromatic heterocycles. The van der Waals surface area contributed by atoms with E-state index in [9.17, 15) is 0 Å². The van der Waals surface area contributed by atoms with Gasteiger partial charge in [-0.15, -0.1) is 0 Å². The monoisotopic (exact) mass is 332 g/mol. The summed E-state index contributed by atoms with van der Waals surface area (Å²) in [4.78, 5) is 7.49. The third-order valence-electron chi connectivity index (χ3n) is 5.51. The fourth-order valence-corrected chi connectivity index (χ4v) is 4.17. The molecule has 25 heavy (non-hydrogen) atoms. The number of hydrogen-bond donors (Lipinski definition) is 0. The van der Waals surface area contributed by atoms with E-state index < -0.39 is 0 Å². The highest BCUT2D eigenvalue weighted by Gasteiger charge is 2.23. The first-order valence-corrected chi connectivity index (χ1v) is 9.85. The van der Waals surface area contributed by atoms with Crippen molar-refractivity contribution in [3.8, 4) is 0 Å². The topological polar surface area (TPSA) is 16.1 Å². The summed E-state index contributed by atoms with van der Waals surface area (Å²) in [6.45, 7) is 6.65. The molecule has 4 rings (SSSR count). The van der Waals surface area contributed by atoms with Crippen LogP contribution in [0.15, 0.2) is 36.4 Å². The van der Waals surface area contributed by atoms with E-state index in [0.29, 0.717) is 0 Å². The number of fused-ring (bicyclic) bond motifs is 2. The Labute approximate surface area is 150 Å². The number of pyridine rings is 1. The van der Waals surface area contributed by atoms with Crippen LogP contribution in [0.25, 0.3) is 21.8 Å². The molecule has 2 aromatic carbocycles. The fraction of sp³-hybridized carbons (Fsp3) is 0.435. The van der Waals surface area contributed by atoms with Crippen molar-refractivity contribution in [2.75, 3.05) is 11.4 Å². The number of rotatable bonds is 7. The van der Waals surface area contributed by atoms with Gasteiger partial charge in [-0.25, -0.2) is 4.98 Å². The Balaban J connectivity index is 1.59. The maximum Gasteiger partial charge on any atom is 0.0734 e. The Bertz CT molecular complexity index is 897. The summed E-state index contributed by atoms with van der Waals surface area (Å²) in [5.74, 6) is 0. The summed E-state index contributed by atoms with van der Waals surface area (Å²) in [7, 11) is 0. The van der Waals surface area contributed by atoms with Crippen molar-refractivity contribution >= 4 is 27.5 Å². The van der Waals surface area contributed by atoms with Gasteiger partial charge in [0, 0.05) is 29.5 Å². The fourth-order valence-electron chi connectivity index (χ4n) is 4.17. The van der Waals surface area contributed by atoms with Crippen LogP contribution in [-0.4, -0.2) is 11.5 Å². The normalized spacial score (nSPS) is 13.3. The average Bonchev–Trinajstić information content (AvgIpc) is 2.99. The van der Waals surface area contributed by atoms with Gasteiger partial charge in [0.05, 0.1) is 11.0 Å². The van der Waals surface area contributed by atoms with Crippen LogP contribution >= 0.6 is 0 Å². The van der Waals surface area contributed by atoms with Crippen LogP contribution in [0.4, 0.5) is 5.69 Å². The van der Waals surface area contributed by atoms with Crippen LogP contribution < -0.4 is 4.90 Å². The molecule has 1 aliphatic heterocycles. The molecule has 0 amide bonds. The van der Waals surface area contributed by atoms with Crippen LogP contribution in [0.2, 0.25) is 0 Å². The molecule has 2 nitrogen and oxygen atoms in total. The molecule has 0 radical (unpaired) electrons. The number of unbranched alkanes of at least 4 members (excludes halogenated alkanes) is 5. The molecule has 0 atom stereocenters. The minimum absolute atomic E-state index is 1.03. The van der Waals surface area contributed by atoms with Gasteiger partial charge in [0.15, 0.2) is 0 Å². The van der Waals surface area contributed by atoms with Crippen molar-refractivity contribution in [1.29, 1.82) is 0 Å². The van der Waals surface area contributed by atoms with E-state index in [0.717, 1.165) is 24.1 Å². The lowest BCUT2D eigenvalue weighted by molar-refractivity contribution is 0.600. The van der Waals surface area contributed by atoms with Gasteiger partial charge in [-0.2, -0.15) is 0 Å². The third-order valence-corrected chi connectivity index (χ3v) is 5.51. The maximum absolute atomic E-state index is 4.92. The van der Waals surface area contributed by atoms with Crippen molar-refractivity contribution in [3.63, 3.8) is 0 Å². The van der Waals surface area contributed by atoms with Gasteiger partial charge in [0.25, 0.3) is 0 Å². The van der Waals surface area contributed by atoms with E-state index in [-0.39, 0.29) is 0 Å². The van der Waals surface area contributed by atoms with Crippen LogP contribution in [-0.2, 0) is 6.54 Å². The number of benzene rings is 2. The Morgan fingerprint density at radius 3 is 2.68 bits per heavy atom. The highest BCUT2D eigenvalue weighted by Crippen LogP contribution is 2.40. The Morgan fingerprint density at radius 1 is 0.960 bits per heavy atom. The summed E-state index contributed by atoms with van der Waals surface area (Å²) < 4.78 is 0. The number of hydrogen-bond acceptors (Lipinski definition) is 2. The van der Waals surface area contributed by atoms with Crippen LogP contribution in [0.5, 0.6) is 0 Å². The molecule has 0 saturated heterocycles. The van der Waals surface area contributed by atoms with E-state index in [1.165, 1.54) is 66.1 Å². The second-order valence-electron chi connectivity index (χ2n) is 7.47. The van der Waals surface area contributed by atoms with E-state index in [2.05, 4.69) is 55.1 Å². The van der Waals surface area contributed by atoms with Gasteiger partial charge in [-0.1, -0.05) is 56.7 Å². The van der Waals surface area contributed by atoms with Crippen molar-refractivity contribution in [1.82, 2.24) is 4.98 Å². The molecule has 0 bridgehead atoms. The Kier molecular flexibility index (Phi) is 4.61. The molecule has 0 aliphatic carbocycles. The molecule has 0 N–H and O–H groups in total. The van der Waals surface area contributed by atoms with E-state index in [1.807, 2.05) is 0 Å². The van der Waals surface area contributed by atoms with E-state index in [1.54, 1.807) is 0 Å². The highest BCUT2D eigenvalue weighted by molar-refractivity contribution is 6.06. The Hall–Kier alpha value is -2.09. The minimum Gasteiger partial charge on any atom is -0.367 e. The molecule has 2 heteroatoms. The molecule has 0 saturated carbocycles. The summed E-state index contributed by atoms with van der Waals surface area (Å²) >= 11 is 0. The lowest BCUT2D eigenvalue weighted by Crippen LogP contribution is -2.19. The molecular weight excluding hydrogens is 304 g/mol. The zero-order valence-electron chi connectivity index (χ0n) is 15.5. The summed E-state index contributed by atoms with van der Waals surface area (Å²) in [5.41, 5.74) is 6.46. The van der Waals surface area contributed by atoms with Gasteiger partial charge in [0.1, 0.15) is 0 Å². The predicted molar refractivity (Wildman–Crippen MR) is 108 cm³/mol. The summed E-state index contributed by atoms with van der Waals surface area (Å²) in [5, 5.41) is 2.72. The molecule has 1 aliphatic rings. The summed E-state index contributed by atoms with van der Waals surface area (Å²) in [6, 6.07) is 13.2. The molecule has 0 fully saturated rings. The first-order chi connectivity index (χ1) is 12.3. The first kappa shape index (κ1) is 16.4. The van der Waals surface area contributed by atoms with Gasteiger partial charge in [-0.3, -0.25) is 0 Å². The van der Waals surface area contributed by atoms with Crippen molar-refractivity contribution in [2.45, 2.75) is 58.9 Å². The number of aromatic nitrogens is 1. The van der Waals surface area contributed by atoms with Crippen LogP contribution in [0, 0.1) is 6.92 Å². The second kappa shape index (κ2) is 7.03. The zero-order chi connectivity index (χ0) is 17.2. The molecule has 0 unspecified atom stereocenters. The predicted octanol–water partition coefficient (Wildman–Crippen LogP) is 6.38. The van der Waals surface area contributed by atoms with Gasteiger partial charge >= 0.3 is 0 Å². The van der Waals surface area contributed by atoms with Gasteiger partial charge < -0.3 is 4.90 Å². The molecule has 3 aromatic rings. The number of nitrogens with zero attached hydrogens (tertiary/aromatic N) is 2. The number of anilines is 1. The van der Waals surface area contributed by atoms with Crippen molar-refractivity contribution < 1.29 is 0 Å². The first-order valence-electron chi connectivity index (χ1n) is 9.85. The second-order valence-corrected chi connectivity index (χ2v) is 7.47. The largest absolute Gasteiger partial charge is 0.367 e. The molecule has 0 spiro atoms. The number of aryl methyl sites for hydroxylation is 1. The van der Waals surface area contributed by atoms with Crippen LogP contribution in [0.3, 0.4) is 0 Å². The smallest absolute Gasteiger partial charge is 0.0734 e.